The largest absolute Gasteiger partial charge is 0.491 e. The summed E-state index contributed by atoms with van der Waals surface area (Å²) in [6, 6.07) is 4.08. The molecular weight excluding hydrogens is 199 g/mol. The second kappa shape index (κ2) is 5.68. The van der Waals surface area contributed by atoms with E-state index in [1.54, 1.807) is 14.0 Å². The topological polar surface area (TPSA) is 38.7 Å². The van der Waals surface area contributed by atoms with Gasteiger partial charge in [-0.3, -0.25) is 0 Å². The Balaban J connectivity index is 2.77. The average Bonchev–Trinajstić information content (AvgIpc) is 2.20. The van der Waals surface area contributed by atoms with E-state index >= 15 is 0 Å². The number of benzene rings is 1. The Hall–Kier alpha value is -1.13. The van der Waals surface area contributed by atoms with Crippen molar-refractivity contribution in [3.05, 3.63) is 29.6 Å². The van der Waals surface area contributed by atoms with Gasteiger partial charge in [0, 0.05) is 12.7 Å². The Bertz CT molecular complexity index is 313. The third-order valence-corrected chi connectivity index (χ3v) is 1.97. The van der Waals surface area contributed by atoms with Gasteiger partial charge in [0.1, 0.15) is 18.2 Å². The Morgan fingerprint density at radius 2 is 2.13 bits per heavy atom. The highest BCUT2D eigenvalue weighted by Crippen LogP contribution is 2.25. The number of methoxy groups -OCH3 is 1. The smallest absolute Gasteiger partial charge is 0.125 e. The molecule has 0 aliphatic carbocycles. The first-order valence-corrected chi connectivity index (χ1v) is 4.74. The molecule has 0 spiro atoms. The highest BCUT2D eigenvalue weighted by atomic mass is 19.1. The van der Waals surface area contributed by atoms with Gasteiger partial charge in [-0.15, -0.1) is 0 Å². The quantitative estimate of drug-likeness (QED) is 0.761. The fraction of sp³-hybridized carbons (Fsp3) is 0.455. The van der Waals surface area contributed by atoms with Crippen LogP contribution in [0.3, 0.4) is 0 Å². The van der Waals surface area contributed by atoms with Crippen molar-refractivity contribution < 1.29 is 19.0 Å². The maximum atomic E-state index is 12.9. The number of halogens is 1. The second-order valence-electron chi connectivity index (χ2n) is 3.20. The molecule has 0 amide bonds. The van der Waals surface area contributed by atoms with E-state index in [4.69, 9.17) is 9.47 Å². The summed E-state index contributed by atoms with van der Waals surface area (Å²) >= 11 is 0. The lowest BCUT2D eigenvalue weighted by molar-refractivity contribution is 0.141. The predicted molar refractivity (Wildman–Crippen MR) is 54.4 cm³/mol. The molecule has 3 nitrogen and oxygen atoms in total. The summed E-state index contributed by atoms with van der Waals surface area (Å²) < 4.78 is 23.1. The average molecular weight is 214 g/mol. The van der Waals surface area contributed by atoms with Crippen molar-refractivity contribution in [2.45, 2.75) is 13.0 Å². The molecule has 1 aromatic carbocycles. The molecule has 1 N–H and O–H groups in total. The molecule has 0 saturated carbocycles. The summed E-state index contributed by atoms with van der Waals surface area (Å²) in [4.78, 5) is 0. The van der Waals surface area contributed by atoms with Crippen LogP contribution in [0.15, 0.2) is 18.2 Å². The van der Waals surface area contributed by atoms with Crippen LogP contribution < -0.4 is 4.74 Å². The second-order valence-corrected chi connectivity index (χ2v) is 3.20. The zero-order valence-electron chi connectivity index (χ0n) is 8.87. The lowest BCUT2D eigenvalue weighted by Gasteiger charge is -2.13. The van der Waals surface area contributed by atoms with Crippen LogP contribution in [0.2, 0.25) is 0 Å². The van der Waals surface area contributed by atoms with Gasteiger partial charge in [0.2, 0.25) is 0 Å². The van der Waals surface area contributed by atoms with Gasteiger partial charge < -0.3 is 14.6 Å². The van der Waals surface area contributed by atoms with E-state index in [2.05, 4.69) is 0 Å². The molecule has 1 aromatic rings. The molecule has 0 unspecified atom stereocenters. The van der Waals surface area contributed by atoms with E-state index in [1.165, 1.54) is 18.2 Å². The first-order valence-electron chi connectivity index (χ1n) is 4.74. The van der Waals surface area contributed by atoms with Crippen molar-refractivity contribution in [3.8, 4) is 5.75 Å². The van der Waals surface area contributed by atoms with Crippen molar-refractivity contribution >= 4 is 0 Å². The Kier molecular flexibility index (Phi) is 4.52. The highest BCUT2D eigenvalue weighted by molar-refractivity contribution is 5.35. The SMILES string of the molecule is COCCOc1ccc(F)cc1[C@H](C)O. The monoisotopic (exact) mass is 214 g/mol. The Labute approximate surface area is 88.4 Å². The number of hydrogen-bond acceptors (Lipinski definition) is 3. The van der Waals surface area contributed by atoms with Crippen LogP contribution in [-0.2, 0) is 4.74 Å². The zero-order chi connectivity index (χ0) is 11.3. The summed E-state index contributed by atoms with van der Waals surface area (Å²) in [5, 5.41) is 9.41. The van der Waals surface area contributed by atoms with Crippen LogP contribution in [0.5, 0.6) is 5.75 Å². The molecule has 1 atom stereocenters. The number of ether oxygens (including phenoxy) is 2. The summed E-state index contributed by atoms with van der Waals surface area (Å²) in [6.45, 7) is 2.40. The van der Waals surface area contributed by atoms with Gasteiger partial charge in [0.05, 0.1) is 12.7 Å². The predicted octanol–water partition coefficient (Wildman–Crippen LogP) is 1.90. The fourth-order valence-corrected chi connectivity index (χ4v) is 1.21. The first-order chi connectivity index (χ1) is 7.15. The normalized spacial score (nSPS) is 12.5. The van der Waals surface area contributed by atoms with Gasteiger partial charge in [-0.25, -0.2) is 4.39 Å². The van der Waals surface area contributed by atoms with Crippen LogP contribution in [0, 0.1) is 5.82 Å². The molecule has 0 radical (unpaired) electrons. The zero-order valence-corrected chi connectivity index (χ0v) is 8.87. The van der Waals surface area contributed by atoms with Crippen LogP contribution >= 0.6 is 0 Å². The standard InChI is InChI=1S/C11H15FO3/c1-8(13)10-7-9(12)3-4-11(10)15-6-5-14-2/h3-4,7-8,13H,5-6H2,1-2H3/t8-/m0/s1. The molecule has 15 heavy (non-hydrogen) atoms. The van der Waals surface area contributed by atoms with Crippen LogP contribution in [0.4, 0.5) is 4.39 Å². The van der Waals surface area contributed by atoms with E-state index in [0.29, 0.717) is 24.5 Å². The van der Waals surface area contributed by atoms with E-state index in [1.807, 2.05) is 0 Å². The molecule has 0 heterocycles. The minimum Gasteiger partial charge on any atom is -0.491 e. The van der Waals surface area contributed by atoms with Gasteiger partial charge in [-0.2, -0.15) is 0 Å². The summed E-state index contributed by atoms with van der Waals surface area (Å²) in [7, 11) is 1.57. The minimum atomic E-state index is -0.752. The first kappa shape index (κ1) is 11.9. The van der Waals surface area contributed by atoms with Gasteiger partial charge in [0.25, 0.3) is 0 Å². The molecule has 84 valence electrons. The lowest BCUT2D eigenvalue weighted by Crippen LogP contribution is -2.07. The van der Waals surface area contributed by atoms with E-state index < -0.39 is 6.10 Å². The molecular formula is C11H15FO3. The van der Waals surface area contributed by atoms with Crippen molar-refractivity contribution in [1.29, 1.82) is 0 Å². The van der Waals surface area contributed by atoms with Gasteiger partial charge in [-0.05, 0) is 25.1 Å². The van der Waals surface area contributed by atoms with Crippen molar-refractivity contribution in [2.75, 3.05) is 20.3 Å². The molecule has 0 bridgehead atoms. The number of rotatable bonds is 5. The number of hydrogen-bond donors (Lipinski definition) is 1. The molecule has 0 aliphatic heterocycles. The van der Waals surface area contributed by atoms with E-state index in [9.17, 15) is 9.50 Å². The van der Waals surface area contributed by atoms with Crippen LogP contribution in [0.25, 0.3) is 0 Å². The molecule has 0 aromatic heterocycles. The van der Waals surface area contributed by atoms with Crippen molar-refractivity contribution in [3.63, 3.8) is 0 Å². The van der Waals surface area contributed by atoms with Gasteiger partial charge in [0.15, 0.2) is 0 Å². The van der Waals surface area contributed by atoms with Gasteiger partial charge >= 0.3 is 0 Å². The van der Waals surface area contributed by atoms with Crippen molar-refractivity contribution in [2.24, 2.45) is 0 Å². The summed E-state index contributed by atoms with van der Waals surface area (Å²) in [5.41, 5.74) is 0.450. The number of aliphatic hydroxyl groups excluding tert-OH is 1. The van der Waals surface area contributed by atoms with Gasteiger partial charge in [-0.1, -0.05) is 0 Å². The third kappa shape index (κ3) is 3.49. The minimum absolute atomic E-state index is 0.377. The van der Waals surface area contributed by atoms with Crippen LogP contribution in [0.1, 0.15) is 18.6 Å². The molecule has 0 saturated heterocycles. The maximum Gasteiger partial charge on any atom is 0.125 e. The molecule has 0 aliphatic rings. The summed E-state index contributed by atoms with van der Waals surface area (Å²) in [5.74, 6) is 0.105. The lowest BCUT2D eigenvalue weighted by atomic mass is 10.1. The van der Waals surface area contributed by atoms with E-state index in [0.717, 1.165) is 0 Å². The highest BCUT2D eigenvalue weighted by Gasteiger charge is 2.10. The molecule has 1 rings (SSSR count). The Morgan fingerprint density at radius 1 is 1.40 bits per heavy atom. The fourth-order valence-electron chi connectivity index (χ4n) is 1.21. The maximum absolute atomic E-state index is 12.9. The van der Waals surface area contributed by atoms with E-state index in [-0.39, 0.29) is 5.82 Å². The van der Waals surface area contributed by atoms with Crippen molar-refractivity contribution in [1.82, 2.24) is 0 Å². The Morgan fingerprint density at radius 3 is 2.73 bits per heavy atom. The summed E-state index contributed by atoms with van der Waals surface area (Å²) in [6.07, 6.45) is -0.752. The molecule has 4 heteroatoms. The molecule has 0 fully saturated rings. The third-order valence-electron chi connectivity index (χ3n) is 1.97. The number of aliphatic hydroxyl groups is 1. The van der Waals surface area contributed by atoms with Crippen LogP contribution in [-0.4, -0.2) is 25.4 Å².